The van der Waals surface area contributed by atoms with Gasteiger partial charge in [-0.1, -0.05) is 66.4 Å². The number of aromatic nitrogens is 3. The number of thioether (sulfide) groups is 1. The third kappa shape index (κ3) is 4.84. The van der Waals surface area contributed by atoms with E-state index in [1.807, 2.05) is 42.5 Å². The van der Waals surface area contributed by atoms with Gasteiger partial charge in [-0.15, -0.1) is 10.2 Å². The number of fused-ring (bicyclic) bond motifs is 1. The second kappa shape index (κ2) is 9.44. The molecule has 0 aliphatic carbocycles. The third-order valence-electron chi connectivity index (χ3n) is 4.57. The number of anilines is 2. The smallest absolute Gasteiger partial charge is 0.278 e. The van der Waals surface area contributed by atoms with Crippen LogP contribution in [0.15, 0.2) is 76.7 Å². The Morgan fingerprint density at radius 3 is 2.44 bits per heavy atom. The summed E-state index contributed by atoms with van der Waals surface area (Å²) >= 11 is 1.08. The fourth-order valence-electron chi connectivity index (χ4n) is 3.21. The van der Waals surface area contributed by atoms with Crippen LogP contribution >= 0.6 is 11.8 Å². The van der Waals surface area contributed by atoms with Gasteiger partial charge in [0, 0.05) is 23.6 Å². The molecule has 0 bridgehead atoms. The van der Waals surface area contributed by atoms with Gasteiger partial charge >= 0.3 is 0 Å². The molecule has 8 nitrogen and oxygen atoms in total. The largest absolute Gasteiger partial charge is 0.326 e. The van der Waals surface area contributed by atoms with E-state index in [-0.39, 0.29) is 28.4 Å². The van der Waals surface area contributed by atoms with Crippen LogP contribution in [0.4, 0.5) is 11.4 Å². The molecule has 0 spiro atoms. The first-order valence-electron chi connectivity index (χ1n) is 9.75. The average molecular weight is 446 g/mol. The zero-order valence-corrected chi connectivity index (χ0v) is 17.9. The number of hydrogen-bond donors (Lipinski definition) is 3. The molecule has 0 aliphatic rings. The van der Waals surface area contributed by atoms with E-state index in [2.05, 4.69) is 25.8 Å². The summed E-state index contributed by atoms with van der Waals surface area (Å²) in [7, 11) is 0. The highest BCUT2D eigenvalue weighted by Gasteiger charge is 2.14. The molecule has 4 aromatic rings. The van der Waals surface area contributed by atoms with Crippen molar-refractivity contribution >= 4 is 45.7 Å². The van der Waals surface area contributed by atoms with Gasteiger partial charge in [0.05, 0.1) is 11.4 Å². The van der Waals surface area contributed by atoms with Gasteiger partial charge in [0.25, 0.3) is 5.56 Å². The van der Waals surface area contributed by atoms with Crippen LogP contribution in [0.5, 0.6) is 0 Å². The number of carbonyl (C=O) groups is 2. The Hall–Kier alpha value is -3.98. The highest BCUT2D eigenvalue weighted by atomic mass is 32.2. The number of nitrogens with zero attached hydrogens (tertiary/aromatic N) is 2. The molecule has 0 saturated carbocycles. The lowest BCUT2D eigenvalue weighted by Crippen LogP contribution is -2.18. The number of para-hydroxylation sites is 1. The van der Waals surface area contributed by atoms with Crippen LogP contribution in [0.3, 0.4) is 0 Å². The first-order valence-corrected chi connectivity index (χ1v) is 10.7. The standard InChI is InChI=1S/C23H19N5O3S/c1-14(29)24-19-11-5-4-10-17(19)21-22(31)26-23(28-27-21)32-13-20(30)25-18-12-6-8-15-7-2-3-9-16(15)18/h2-12H,13H2,1H3,(H,24,29)(H,25,30)(H,26,28,31). The molecule has 4 rings (SSSR count). The Balaban J connectivity index is 1.46. The summed E-state index contributed by atoms with van der Waals surface area (Å²) in [6, 6.07) is 20.3. The summed E-state index contributed by atoms with van der Waals surface area (Å²) in [5.74, 6) is -0.435. The van der Waals surface area contributed by atoms with E-state index in [0.717, 1.165) is 28.2 Å². The number of nitrogens with one attached hydrogen (secondary N) is 3. The molecule has 0 unspecified atom stereocenters. The summed E-state index contributed by atoms with van der Waals surface area (Å²) < 4.78 is 0. The van der Waals surface area contributed by atoms with Crippen molar-refractivity contribution < 1.29 is 9.59 Å². The van der Waals surface area contributed by atoms with Gasteiger partial charge in [0.2, 0.25) is 11.8 Å². The Labute approximate surface area is 187 Å². The monoisotopic (exact) mass is 445 g/mol. The normalized spacial score (nSPS) is 10.7. The predicted octanol–water partition coefficient (Wildman–Crippen LogP) is 3.67. The van der Waals surface area contributed by atoms with Crippen molar-refractivity contribution in [3.8, 4) is 11.3 Å². The van der Waals surface area contributed by atoms with Gasteiger partial charge in [0.15, 0.2) is 10.9 Å². The summed E-state index contributed by atoms with van der Waals surface area (Å²) in [6.07, 6.45) is 0. The van der Waals surface area contributed by atoms with Crippen LogP contribution in [0.2, 0.25) is 0 Å². The first-order chi connectivity index (χ1) is 15.5. The topological polar surface area (TPSA) is 117 Å². The number of aromatic amines is 1. The maximum absolute atomic E-state index is 12.6. The highest BCUT2D eigenvalue weighted by Crippen LogP contribution is 2.25. The molecule has 3 N–H and O–H groups in total. The van der Waals surface area contributed by atoms with Crippen LogP contribution in [-0.2, 0) is 9.59 Å². The van der Waals surface area contributed by atoms with E-state index in [9.17, 15) is 14.4 Å². The quantitative estimate of drug-likeness (QED) is 0.390. The lowest BCUT2D eigenvalue weighted by Gasteiger charge is -2.09. The van der Waals surface area contributed by atoms with Crippen molar-refractivity contribution in [1.82, 2.24) is 15.2 Å². The van der Waals surface area contributed by atoms with Crippen molar-refractivity contribution in [2.24, 2.45) is 0 Å². The van der Waals surface area contributed by atoms with Crippen LogP contribution in [-0.4, -0.2) is 32.7 Å². The fraction of sp³-hybridized carbons (Fsp3) is 0.0870. The Morgan fingerprint density at radius 1 is 0.906 bits per heavy atom. The molecule has 0 atom stereocenters. The number of amides is 2. The third-order valence-corrected chi connectivity index (χ3v) is 5.44. The van der Waals surface area contributed by atoms with Gasteiger partial charge < -0.3 is 10.6 Å². The van der Waals surface area contributed by atoms with Crippen LogP contribution in [0.25, 0.3) is 22.0 Å². The van der Waals surface area contributed by atoms with E-state index >= 15 is 0 Å². The second-order valence-electron chi connectivity index (χ2n) is 6.90. The van der Waals surface area contributed by atoms with E-state index < -0.39 is 5.56 Å². The second-order valence-corrected chi connectivity index (χ2v) is 7.86. The van der Waals surface area contributed by atoms with E-state index in [4.69, 9.17) is 0 Å². The summed E-state index contributed by atoms with van der Waals surface area (Å²) in [5.41, 5.74) is 1.27. The van der Waals surface area contributed by atoms with Gasteiger partial charge in [0.1, 0.15) is 0 Å². The predicted molar refractivity (Wildman–Crippen MR) is 126 cm³/mol. The number of H-pyrrole nitrogens is 1. The molecule has 160 valence electrons. The molecule has 0 radical (unpaired) electrons. The number of benzene rings is 3. The molecule has 0 saturated heterocycles. The molecule has 32 heavy (non-hydrogen) atoms. The number of hydrogen-bond acceptors (Lipinski definition) is 6. The molecule has 1 aromatic heterocycles. The summed E-state index contributed by atoms with van der Waals surface area (Å²) in [6.45, 7) is 1.38. The lowest BCUT2D eigenvalue weighted by atomic mass is 10.1. The molecule has 1 heterocycles. The van der Waals surface area contributed by atoms with E-state index in [1.165, 1.54) is 6.92 Å². The molecule has 0 aliphatic heterocycles. The highest BCUT2D eigenvalue weighted by molar-refractivity contribution is 7.99. The Bertz CT molecular complexity index is 1360. The average Bonchev–Trinajstić information content (AvgIpc) is 2.78. The fourth-order valence-corrected chi connectivity index (χ4v) is 3.81. The summed E-state index contributed by atoms with van der Waals surface area (Å²) in [5, 5.41) is 15.8. The van der Waals surface area contributed by atoms with Gasteiger partial charge in [-0.25, -0.2) is 0 Å². The number of carbonyl (C=O) groups excluding carboxylic acids is 2. The van der Waals surface area contributed by atoms with Crippen LogP contribution in [0, 0.1) is 0 Å². The molecule has 0 fully saturated rings. The van der Waals surface area contributed by atoms with Crippen molar-refractivity contribution in [3.63, 3.8) is 0 Å². The van der Waals surface area contributed by atoms with E-state index in [1.54, 1.807) is 24.3 Å². The van der Waals surface area contributed by atoms with E-state index in [0.29, 0.717) is 11.3 Å². The number of rotatable bonds is 6. The van der Waals surface area contributed by atoms with Gasteiger partial charge in [-0.05, 0) is 17.5 Å². The zero-order chi connectivity index (χ0) is 22.5. The van der Waals surface area contributed by atoms with Gasteiger partial charge in [-0.3, -0.25) is 19.4 Å². The van der Waals surface area contributed by atoms with Gasteiger partial charge in [-0.2, -0.15) is 0 Å². The molecule has 3 aromatic carbocycles. The Morgan fingerprint density at radius 2 is 1.62 bits per heavy atom. The minimum atomic E-state index is -0.463. The summed E-state index contributed by atoms with van der Waals surface area (Å²) in [4.78, 5) is 39.1. The maximum Gasteiger partial charge on any atom is 0.278 e. The van der Waals surface area contributed by atoms with Crippen molar-refractivity contribution in [2.45, 2.75) is 12.1 Å². The molecule has 9 heteroatoms. The van der Waals surface area contributed by atoms with Crippen LogP contribution in [0.1, 0.15) is 6.92 Å². The molecular weight excluding hydrogens is 426 g/mol. The van der Waals surface area contributed by atoms with Crippen molar-refractivity contribution in [2.75, 3.05) is 16.4 Å². The minimum absolute atomic E-state index is 0.0513. The zero-order valence-electron chi connectivity index (χ0n) is 17.1. The van der Waals surface area contributed by atoms with Crippen molar-refractivity contribution in [3.05, 3.63) is 77.1 Å². The molecule has 2 amide bonds. The SMILES string of the molecule is CC(=O)Nc1ccccc1-c1nnc(SCC(=O)Nc2cccc3ccccc23)[nH]c1=O. The van der Waals surface area contributed by atoms with Crippen molar-refractivity contribution in [1.29, 1.82) is 0 Å². The lowest BCUT2D eigenvalue weighted by molar-refractivity contribution is -0.114. The molecular formula is C23H19N5O3S. The van der Waals surface area contributed by atoms with Crippen LogP contribution < -0.4 is 16.2 Å². The maximum atomic E-state index is 12.6. The Kier molecular flexibility index (Phi) is 6.27. The minimum Gasteiger partial charge on any atom is -0.326 e. The first kappa shape index (κ1) is 21.3.